The lowest BCUT2D eigenvalue weighted by molar-refractivity contribution is -0.137. The van der Waals surface area contributed by atoms with Crippen molar-refractivity contribution in [3.05, 3.63) is 83.9 Å². The molecule has 0 atom stereocenters. The molecule has 0 fully saturated rings. The van der Waals surface area contributed by atoms with Gasteiger partial charge in [-0.15, -0.1) is 11.3 Å². The van der Waals surface area contributed by atoms with E-state index < -0.39 is 46.2 Å². The number of fused-ring (bicyclic) bond motifs is 1. The molecular weight excluding hydrogens is 526 g/mol. The van der Waals surface area contributed by atoms with E-state index in [0.717, 1.165) is 0 Å². The second-order valence-corrected chi connectivity index (χ2v) is 9.25. The topological polar surface area (TPSA) is 108 Å². The monoisotopic (exact) mass is 541 g/mol. The molecule has 0 saturated heterocycles. The van der Waals surface area contributed by atoms with Gasteiger partial charge >= 0.3 is 17.9 Å². The number of aromatic amines is 1. The van der Waals surface area contributed by atoms with Crippen LogP contribution in [0.5, 0.6) is 0 Å². The molecule has 4 aromatic rings. The van der Waals surface area contributed by atoms with Gasteiger partial charge in [0.2, 0.25) is 0 Å². The summed E-state index contributed by atoms with van der Waals surface area (Å²) in [6, 6.07) is 7.58. The number of thiophene rings is 1. The quantitative estimate of drug-likeness (QED) is 0.269. The standard InChI is InChI=1S/C22H16ClF4N5O3S/c1-28-10-2-4-13-16(8-10)31-21(35)32(19(13)33)18-14(22(25,26)27)6-11(7-15(18)24)30-20(34)29-9-12-3-5-17(23)36-12/h2-8,28H,9H2,1H3,(H,31,35)(H2,29,30,34). The van der Waals surface area contributed by atoms with Gasteiger partial charge in [-0.1, -0.05) is 11.6 Å². The summed E-state index contributed by atoms with van der Waals surface area (Å²) in [4.78, 5) is 40.7. The molecule has 14 heteroatoms. The van der Waals surface area contributed by atoms with E-state index in [1.54, 1.807) is 19.2 Å². The van der Waals surface area contributed by atoms with Crippen LogP contribution in [-0.2, 0) is 12.7 Å². The molecule has 8 nitrogen and oxygen atoms in total. The first kappa shape index (κ1) is 25.3. The average molecular weight is 542 g/mol. The fraction of sp³-hybridized carbons (Fsp3) is 0.136. The number of anilines is 2. The predicted octanol–water partition coefficient (Wildman–Crippen LogP) is 4.92. The largest absolute Gasteiger partial charge is 0.418 e. The fourth-order valence-corrected chi connectivity index (χ4v) is 4.51. The minimum atomic E-state index is -5.17. The Kier molecular flexibility index (Phi) is 6.78. The van der Waals surface area contributed by atoms with Crippen LogP contribution >= 0.6 is 22.9 Å². The molecule has 0 spiro atoms. The van der Waals surface area contributed by atoms with Crippen LogP contribution in [-0.4, -0.2) is 22.6 Å². The van der Waals surface area contributed by atoms with E-state index >= 15 is 4.39 Å². The van der Waals surface area contributed by atoms with E-state index in [1.807, 2.05) is 0 Å². The highest BCUT2D eigenvalue weighted by Gasteiger charge is 2.37. The van der Waals surface area contributed by atoms with Crippen LogP contribution in [0.1, 0.15) is 10.4 Å². The molecule has 0 saturated carbocycles. The molecular formula is C22H16ClF4N5O3S. The SMILES string of the molecule is CNc1ccc2c(=O)n(-c3c(F)cc(NC(=O)NCc4ccc(Cl)s4)cc3C(F)(F)F)c(=O)[nH]c2c1. The van der Waals surface area contributed by atoms with Crippen molar-refractivity contribution >= 4 is 51.2 Å². The van der Waals surface area contributed by atoms with Crippen molar-refractivity contribution in [2.24, 2.45) is 0 Å². The molecule has 2 amide bonds. The lowest BCUT2D eigenvalue weighted by atomic mass is 10.1. The number of halogens is 5. The number of aromatic nitrogens is 2. The van der Waals surface area contributed by atoms with Crippen molar-refractivity contribution in [1.82, 2.24) is 14.9 Å². The molecule has 0 radical (unpaired) electrons. The lowest BCUT2D eigenvalue weighted by Gasteiger charge is -2.17. The number of H-pyrrole nitrogens is 1. The first-order chi connectivity index (χ1) is 17.0. The first-order valence-corrected chi connectivity index (χ1v) is 11.3. The van der Waals surface area contributed by atoms with E-state index in [9.17, 15) is 27.6 Å². The van der Waals surface area contributed by atoms with Crippen molar-refractivity contribution in [1.29, 1.82) is 0 Å². The molecule has 4 rings (SSSR count). The lowest BCUT2D eigenvalue weighted by Crippen LogP contribution is -2.36. The summed E-state index contributed by atoms with van der Waals surface area (Å²) in [5, 5.41) is 7.21. The zero-order chi connectivity index (χ0) is 26.2. The highest BCUT2D eigenvalue weighted by Crippen LogP contribution is 2.36. The summed E-state index contributed by atoms with van der Waals surface area (Å²) in [6.07, 6.45) is -5.17. The Labute approximate surface area is 208 Å². The molecule has 4 N–H and O–H groups in total. The first-order valence-electron chi connectivity index (χ1n) is 10.1. The van der Waals surface area contributed by atoms with Gasteiger partial charge in [-0.05, 0) is 42.5 Å². The summed E-state index contributed by atoms with van der Waals surface area (Å²) in [5.74, 6) is -1.54. The van der Waals surface area contributed by atoms with Gasteiger partial charge in [0.15, 0.2) is 0 Å². The third kappa shape index (κ3) is 5.06. The maximum absolute atomic E-state index is 15.1. The highest BCUT2D eigenvalue weighted by atomic mass is 35.5. The Bertz CT molecular complexity index is 1600. The Balaban J connectivity index is 1.75. The summed E-state index contributed by atoms with van der Waals surface area (Å²) in [6.45, 7) is 0.0348. The third-order valence-electron chi connectivity index (χ3n) is 5.09. The summed E-state index contributed by atoms with van der Waals surface area (Å²) < 4.78 is 57.5. The molecule has 0 aliphatic carbocycles. The van der Waals surface area contributed by atoms with E-state index in [4.69, 9.17) is 11.6 Å². The maximum Gasteiger partial charge on any atom is 0.418 e. The van der Waals surface area contributed by atoms with Gasteiger partial charge in [0, 0.05) is 23.3 Å². The number of hydrogen-bond donors (Lipinski definition) is 4. The van der Waals surface area contributed by atoms with Gasteiger partial charge in [-0.2, -0.15) is 13.2 Å². The molecule has 2 aromatic heterocycles. The average Bonchev–Trinajstić information content (AvgIpc) is 3.22. The molecule has 0 aliphatic rings. The number of benzene rings is 2. The van der Waals surface area contributed by atoms with Gasteiger partial charge in [0.25, 0.3) is 5.56 Å². The summed E-state index contributed by atoms with van der Waals surface area (Å²) >= 11 is 7.00. The minimum absolute atomic E-state index is 0.0348. The second kappa shape index (κ2) is 9.66. The number of rotatable bonds is 5. The van der Waals surface area contributed by atoms with Crippen LogP contribution < -0.4 is 27.2 Å². The number of hydrogen-bond acceptors (Lipinski definition) is 5. The number of amides is 2. The Morgan fingerprint density at radius 3 is 2.50 bits per heavy atom. The van der Waals surface area contributed by atoms with Crippen LogP contribution in [0, 0.1) is 5.82 Å². The maximum atomic E-state index is 15.1. The molecule has 0 unspecified atom stereocenters. The van der Waals surface area contributed by atoms with Gasteiger partial charge in [0.1, 0.15) is 11.5 Å². The number of carbonyl (C=O) groups is 1. The van der Waals surface area contributed by atoms with Crippen LogP contribution in [0.25, 0.3) is 16.6 Å². The van der Waals surface area contributed by atoms with Crippen LogP contribution in [0.3, 0.4) is 0 Å². The van der Waals surface area contributed by atoms with E-state index in [1.165, 1.54) is 29.5 Å². The molecule has 2 aromatic carbocycles. The number of carbonyl (C=O) groups excluding carboxylic acids is 1. The van der Waals surface area contributed by atoms with E-state index in [0.29, 0.717) is 27.0 Å². The number of urea groups is 1. The van der Waals surface area contributed by atoms with Crippen molar-refractivity contribution in [3.8, 4) is 5.69 Å². The number of alkyl halides is 3. The number of nitrogens with zero attached hydrogens (tertiary/aromatic N) is 1. The zero-order valence-electron chi connectivity index (χ0n) is 18.2. The fourth-order valence-electron chi connectivity index (χ4n) is 3.48. The Morgan fingerprint density at radius 2 is 1.86 bits per heavy atom. The summed E-state index contributed by atoms with van der Waals surface area (Å²) in [5.41, 5.74) is -5.26. The van der Waals surface area contributed by atoms with Gasteiger partial charge in [-0.3, -0.25) is 4.79 Å². The summed E-state index contributed by atoms with van der Waals surface area (Å²) in [7, 11) is 1.60. The second-order valence-electron chi connectivity index (χ2n) is 7.45. The van der Waals surface area contributed by atoms with Crippen molar-refractivity contribution in [2.45, 2.75) is 12.7 Å². The van der Waals surface area contributed by atoms with Crippen LogP contribution in [0.4, 0.5) is 33.7 Å². The Morgan fingerprint density at radius 1 is 1.11 bits per heavy atom. The molecule has 2 heterocycles. The van der Waals surface area contributed by atoms with Crippen LogP contribution in [0.15, 0.2) is 52.1 Å². The highest BCUT2D eigenvalue weighted by molar-refractivity contribution is 7.16. The smallest absolute Gasteiger partial charge is 0.388 e. The van der Waals surface area contributed by atoms with Crippen molar-refractivity contribution in [3.63, 3.8) is 0 Å². The molecule has 0 bridgehead atoms. The van der Waals surface area contributed by atoms with Crippen LogP contribution in [0.2, 0.25) is 4.34 Å². The predicted molar refractivity (Wildman–Crippen MR) is 130 cm³/mol. The minimum Gasteiger partial charge on any atom is -0.388 e. The zero-order valence-corrected chi connectivity index (χ0v) is 19.8. The molecule has 188 valence electrons. The van der Waals surface area contributed by atoms with E-state index in [-0.39, 0.29) is 22.0 Å². The van der Waals surface area contributed by atoms with Crippen molar-refractivity contribution < 1.29 is 22.4 Å². The van der Waals surface area contributed by atoms with E-state index in [2.05, 4.69) is 20.9 Å². The molecule has 0 aliphatic heterocycles. The third-order valence-corrected chi connectivity index (χ3v) is 6.32. The van der Waals surface area contributed by atoms with Gasteiger partial charge < -0.3 is 20.9 Å². The Hall–Kier alpha value is -3.84. The molecule has 36 heavy (non-hydrogen) atoms. The normalized spacial score (nSPS) is 11.5. The van der Waals surface area contributed by atoms with Crippen molar-refractivity contribution in [2.75, 3.05) is 17.7 Å². The number of nitrogens with one attached hydrogen (secondary N) is 4. The van der Waals surface area contributed by atoms with Gasteiger partial charge in [0.05, 0.1) is 27.3 Å². The van der Waals surface area contributed by atoms with Gasteiger partial charge in [-0.25, -0.2) is 18.5 Å².